The Hall–Kier alpha value is -2.65. The molecule has 0 aliphatic carbocycles. The first-order valence-corrected chi connectivity index (χ1v) is 13.4. The summed E-state index contributed by atoms with van der Waals surface area (Å²) in [4.78, 5) is 13.3. The van der Waals surface area contributed by atoms with Gasteiger partial charge in [-0.3, -0.25) is 4.79 Å². The minimum atomic E-state index is -3.56. The van der Waals surface area contributed by atoms with Gasteiger partial charge in [0.2, 0.25) is 5.91 Å². The fourth-order valence-electron chi connectivity index (χ4n) is 3.49. The molecule has 1 amide bonds. The number of benzene rings is 2. The number of amides is 1. The number of nitrogens with one attached hydrogen (secondary N) is 1. The molecule has 0 aliphatic heterocycles. The summed E-state index contributed by atoms with van der Waals surface area (Å²) >= 11 is 1.31. The third kappa shape index (κ3) is 5.83. The fraction of sp³-hybridized carbons (Fsp3) is 0.375. The largest absolute Gasteiger partial charge is 0.325 e. The molecule has 2 aromatic carbocycles. The van der Waals surface area contributed by atoms with E-state index in [4.69, 9.17) is 0 Å². The van der Waals surface area contributed by atoms with Gasteiger partial charge in [0, 0.05) is 12.2 Å². The molecule has 1 atom stereocenters. The second-order valence-electron chi connectivity index (χ2n) is 7.99. The van der Waals surface area contributed by atoms with Gasteiger partial charge in [-0.25, -0.2) is 8.42 Å². The molecule has 1 N–H and O–H groups in total. The Kier molecular flexibility index (Phi) is 7.97. The van der Waals surface area contributed by atoms with E-state index in [-0.39, 0.29) is 21.8 Å². The van der Waals surface area contributed by atoms with Crippen molar-refractivity contribution in [3.63, 3.8) is 0 Å². The van der Waals surface area contributed by atoms with Crippen LogP contribution >= 0.6 is 11.8 Å². The SMILES string of the molecule is CCC(Sc1nnc(CS(=O)(=O)c2ccc(C)cc2)n1CC)C(=O)Nc1c(C)cccc1C. The van der Waals surface area contributed by atoms with Crippen molar-refractivity contribution in [2.75, 3.05) is 5.32 Å². The number of hydrogen-bond acceptors (Lipinski definition) is 6. The number of thioether (sulfide) groups is 1. The smallest absolute Gasteiger partial charge is 0.237 e. The molecule has 1 heterocycles. The van der Waals surface area contributed by atoms with Gasteiger partial charge < -0.3 is 9.88 Å². The van der Waals surface area contributed by atoms with Crippen LogP contribution in [0.1, 0.15) is 42.8 Å². The van der Waals surface area contributed by atoms with E-state index in [0.717, 1.165) is 22.4 Å². The highest BCUT2D eigenvalue weighted by Crippen LogP contribution is 2.28. The van der Waals surface area contributed by atoms with Gasteiger partial charge in [0.05, 0.1) is 10.1 Å². The summed E-state index contributed by atoms with van der Waals surface area (Å²) in [6, 6.07) is 12.7. The molecule has 33 heavy (non-hydrogen) atoms. The number of para-hydroxylation sites is 1. The molecular weight excluding hydrogens is 456 g/mol. The van der Waals surface area contributed by atoms with Crippen molar-refractivity contribution in [2.24, 2.45) is 0 Å². The number of sulfone groups is 1. The zero-order chi connectivity index (χ0) is 24.2. The highest BCUT2D eigenvalue weighted by molar-refractivity contribution is 8.00. The third-order valence-corrected chi connectivity index (χ3v) is 8.42. The van der Waals surface area contributed by atoms with E-state index in [1.165, 1.54) is 11.8 Å². The molecule has 176 valence electrons. The maximum absolute atomic E-state index is 13.0. The summed E-state index contributed by atoms with van der Waals surface area (Å²) in [5.74, 6) is 0.00743. The predicted molar refractivity (Wildman–Crippen MR) is 132 cm³/mol. The Bertz CT molecular complexity index is 1210. The highest BCUT2D eigenvalue weighted by atomic mass is 32.2. The Morgan fingerprint density at radius 1 is 1.03 bits per heavy atom. The number of rotatable bonds is 9. The summed E-state index contributed by atoms with van der Waals surface area (Å²) in [6.07, 6.45) is 0.592. The van der Waals surface area contributed by atoms with Gasteiger partial charge in [-0.05, 0) is 57.4 Å². The average molecular weight is 487 g/mol. The Morgan fingerprint density at radius 3 is 2.24 bits per heavy atom. The molecule has 3 aromatic rings. The lowest BCUT2D eigenvalue weighted by molar-refractivity contribution is -0.115. The van der Waals surface area contributed by atoms with Crippen molar-refractivity contribution >= 4 is 33.2 Å². The van der Waals surface area contributed by atoms with Crippen molar-refractivity contribution in [3.05, 3.63) is 65.0 Å². The summed E-state index contributed by atoms with van der Waals surface area (Å²) in [7, 11) is -3.56. The number of aromatic nitrogens is 3. The average Bonchev–Trinajstić information content (AvgIpc) is 3.15. The van der Waals surface area contributed by atoms with Crippen LogP contribution in [-0.2, 0) is 26.9 Å². The predicted octanol–water partition coefficient (Wildman–Crippen LogP) is 4.71. The Morgan fingerprint density at radius 2 is 1.67 bits per heavy atom. The number of carbonyl (C=O) groups is 1. The van der Waals surface area contributed by atoms with Crippen molar-refractivity contribution in [2.45, 2.75) is 68.6 Å². The third-order valence-electron chi connectivity index (χ3n) is 5.45. The maximum Gasteiger partial charge on any atom is 0.237 e. The second kappa shape index (κ2) is 10.5. The standard InChI is InChI=1S/C24H30N4O3S2/c1-6-20(23(29)25-22-17(4)9-8-10-18(22)5)32-24-27-26-21(28(24)7-2)15-33(30,31)19-13-11-16(3)12-14-19/h8-14,20H,6-7,15H2,1-5H3,(H,25,29). The topological polar surface area (TPSA) is 93.9 Å². The number of nitrogens with zero attached hydrogens (tertiary/aromatic N) is 3. The van der Waals surface area contributed by atoms with Gasteiger partial charge in [-0.2, -0.15) is 0 Å². The van der Waals surface area contributed by atoms with Crippen LogP contribution in [0.5, 0.6) is 0 Å². The van der Waals surface area contributed by atoms with E-state index in [9.17, 15) is 13.2 Å². The van der Waals surface area contributed by atoms with E-state index in [2.05, 4.69) is 15.5 Å². The lowest BCUT2D eigenvalue weighted by Crippen LogP contribution is -2.26. The number of carbonyl (C=O) groups excluding carboxylic acids is 1. The van der Waals surface area contributed by atoms with Crippen LogP contribution in [0.25, 0.3) is 0 Å². The molecule has 0 aliphatic rings. The van der Waals surface area contributed by atoms with Gasteiger partial charge in [0.1, 0.15) is 11.6 Å². The summed E-state index contributed by atoms with van der Waals surface area (Å²) < 4.78 is 27.6. The van der Waals surface area contributed by atoms with Gasteiger partial charge in [-0.15, -0.1) is 10.2 Å². The maximum atomic E-state index is 13.0. The van der Waals surface area contributed by atoms with Crippen LogP contribution in [0.15, 0.2) is 52.5 Å². The summed E-state index contributed by atoms with van der Waals surface area (Å²) in [5.41, 5.74) is 3.82. The number of anilines is 1. The molecule has 3 rings (SSSR count). The first-order chi connectivity index (χ1) is 15.7. The molecule has 1 aromatic heterocycles. The van der Waals surface area contributed by atoms with Crippen LogP contribution in [0.3, 0.4) is 0 Å². The quantitative estimate of drug-likeness (QED) is 0.440. The molecule has 9 heteroatoms. The van der Waals surface area contributed by atoms with Crippen molar-refractivity contribution < 1.29 is 13.2 Å². The van der Waals surface area contributed by atoms with Crippen LogP contribution in [0, 0.1) is 20.8 Å². The zero-order valence-corrected chi connectivity index (χ0v) is 21.3. The van der Waals surface area contributed by atoms with Crippen LogP contribution in [0.2, 0.25) is 0 Å². The molecule has 0 radical (unpaired) electrons. The highest BCUT2D eigenvalue weighted by Gasteiger charge is 2.25. The Balaban J connectivity index is 1.79. The normalized spacial score (nSPS) is 12.5. The molecule has 0 saturated heterocycles. The monoisotopic (exact) mass is 486 g/mol. The minimum absolute atomic E-state index is 0.112. The van der Waals surface area contributed by atoms with E-state index >= 15 is 0 Å². The molecule has 0 saturated carbocycles. The summed E-state index contributed by atoms with van der Waals surface area (Å²) in [6.45, 7) is 10.2. The molecule has 0 bridgehead atoms. The van der Waals surface area contributed by atoms with Gasteiger partial charge in [0.25, 0.3) is 0 Å². The molecule has 0 spiro atoms. The van der Waals surface area contributed by atoms with Crippen molar-refractivity contribution in [3.8, 4) is 0 Å². The van der Waals surface area contributed by atoms with E-state index in [1.54, 1.807) is 28.8 Å². The number of hydrogen-bond donors (Lipinski definition) is 1. The Labute approximate surface area is 199 Å². The summed E-state index contributed by atoms with van der Waals surface area (Å²) in [5, 5.41) is 11.6. The van der Waals surface area contributed by atoms with Gasteiger partial charge in [0.15, 0.2) is 15.0 Å². The molecule has 1 unspecified atom stereocenters. The van der Waals surface area contributed by atoms with Crippen LogP contribution in [-0.4, -0.2) is 34.3 Å². The lowest BCUT2D eigenvalue weighted by atomic mass is 10.1. The van der Waals surface area contributed by atoms with Crippen LogP contribution < -0.4 is 5.32 Å². The van der Waals surface area contributed by atoms with E-state index in [1.807, 2.05) is 52.8 Å². The van der Waals surface area contributed by atoms with Crippen molar-refractivity contribution in [1.29, 1.82) is 0 Å². The van der Waals surface area contributed by atoms with E-state index < -0.39 is 9.84 Å². The first-order valence-electron chi connectivity index (χ1n) is 10.9. The zero-order valence-electron chi connectivity index (χ0n) is 19.6. The fourth-order valence-corrected chi connectivity index (χ4v) is 5.80. The first kappa shape index (κ1) is 25.0. The lowest BCUT2D eigenvalue weighted by Gasteiger charge is -2.17. The van der Waals surface area contributed by atoms with Gasteiger partial charge >= 0.3 is 0 Å². The minimum Gasteiger partial charge on any atom is -0.325 e. The van der Waals surface area contributed by atoms with Crippen LogP contribution in [0.4, 0.5) is 5.69 Å². The molecule has 7 nitrogen and oxygen atoms in total. The van der Waals surface area contributed by atoms with Crippen molar-refractivity contribution in [1.82, 2.24) is 14.8 Å². The van der Waals surface area contributed by atoms with Gasteiger partial charge in [-0.1, -0.05) is 54.6 Å². The van der Waals surface area contributed by atoms with E-state index in [0.29, 0.717) is 23.9 Å². The second-order valence-corrected chi connectivity index (χ2v) is 11.1. The molecular formula is C24H30N4O3S2. The number of aryl methyl sites for hydroxylation is 3. The molecule has 0 fully saturated rings.